The standard InChI is InChI=1S/C11H11BrClNO4/c1-18-9(11(16)17)5-14-10(15)7-3-2-6(13)4-8(7)12/h2-4,9H,5H2,1H3,(H,14,15)(H,16,17). The van der Waals surface area contributed by atoms with Gasteiger partial charge in [0.2, 0.25) is 0 Å². The highest BCUT2D eigenvalue weighted by atomic mass is 79.9. The molecule has 0 fully saturated rings. The van der Waals surface area contributed by atoms with Crippen LogP contribution in [0, 0.1) is 0 Å². The molecular formula is C11H11BrClNO4. The zero-order chi connectivity index (χ0) is 13.7. The van der Waals surface area contributed by atoms with Crippen LogP contribution in [0.4, 0.5) is 0 Å². The van der Waals surface area contributed by atoms with E-state index in [9.17, 15) is 9.59 Å². The molecule has 0 aliphatic heterocycles. The van der Waals surface area contributed by atoms with Crippen LogP contribution in [0.2, 0.25) is 5.02 Å². The predicted molar refractivity (Wildman–Crippen MR) is 69.9 cm³/mol. The highest BCUT2D eigenvalue weighted by Gasteiger charge is 2.18. The Kier molecular flexibility index (Phi) is 5.58. The summed E-state index contributed by atoms with van der Waals surface area (Å²) in [5.74, 6) is -1.53. The molecule has 0 aliphatic rings. The van der Waals surface area contributed by atoms with Gasteiger partial charge in [-0.15, -0.1) is 0 Å². The topological polar surface area (TPSA) is 75.6 Å². The van der Waals surface area contributed by atoms with E-state index in [-0.39, 0.29) is 6.54 Å². The van der Waals surface area contributed by atoms with Gasteiger partial charge >= 0.3 is 5.97 Å². The molecule has 2 N–H and O–H groups in total. The largest absolute Gasteiger partial charge is 0.479 e. The minimum Gasteiger partial charge on any atom is -0.479 e. The first-order chi connectivity index (χ1) is 8.45. The molecule has 0 spiro atoms. The number of methoxy groups -OCH3 is 1. The molecule has 0 saturated carbocycles. The fourth-order valence-electron chi connectivity index (χ4n) is 1.23. The second-order valence-electron chi connectivity index (χ2n) is 3.40. The number of hydrogen-bond donors (Lipinski definition) is 2. The molecule has 1 rings (SSSR count). The number of carbonyl (C=O) groups is 2. The molecule has 1 atom stereocenters. The summed E-state index contributed by atoms with van der Waals surface area (Å²) in [5, 5.41) is 11.7. The summed E-state index contributed by atoms with van der Waals surface area (Å²) in [6.07, 6.45) is -1.07. The number of benzene rings is 1. The van der Waals surface area contributed by atoms with E-state index in [2.05, 4.69) is 21.2 Å². The van der Waals surface area contributed by atoms with Crippen molar-refractivity contribution < 1.29 is 19.4 Å². The van der Waals surface area contributed by atoms with E-state index in [1.54, 1.807) is 18.2 Å². The first-order valence-corrected chi connectivity index (χ1v) is 6.11. The third-order valence-electron chi connectivity index (χ3n) is 2.18. The summed E-state index contributed by atoms with van der Waals surface area (Å²) in [5.41, 5.74) is 0.375. The number of carboxylic acid groups (broad SMARTS) is 1. The minimum absolute atomic E-state index is 0.111. The maximum atomic E-state index is 11.8. The second-order valence-corrected chi connectivity index (χ2v) is 4.69. The van der Waals surface area contributed by atoms with E-state index in [0.717, 1.165) is 0 Å². The molecular weight excluding hydrogens is 325 g/mol. The predicted octanol–water partition coefficient (Wildman–Crippen LogP) is 1.93. The van der Waals surface area contributed by atoms with Crippen LogP contribution < -0.4 is 5.32 Å². The summed E-state index contributed by atoms with van der Waals surface area (Å²) < 4.78 is 5.24. The van der Waals surface area contributed by atoms with Gasteiger partial charge in [-0.2, -0.15) is 0 Å². The molecule has 0 heterocycles. The summed E-state index contributed by atoms with van der Waals surface area (Å²) in [6.45, 7) is -0.111. The van der Waals surface area contributed by atoms with Gasteiger partial charge in [0.1, 0.15) is 0 Å². The van der Waals surface area contributed by atoms with E-state index in [1.165, 1.54) is 7.11 Å². The maximum Gasteiger partial charge on any atom is 0.334 e. The third-order valence-corrected chi connectivity index (χ3v) is 3.07. The van der Waals surface area contributed by atoms with Crippen molar-refractivity contribution in [3.8, 4) is 0 Å². The molecule has 5 nitrogen and oxygen atoms in total. The highest BCUT2D eigenvalue weighted by molar-refractivity contribution is 9.10. The molecule has 7 heteroatoms. The van der Waals surface area contributed by atoms with Crippen LogP contribution in [0.3, 0.4) is 0 Å². The Morgan fingerprint density at radius 3 is 2.72 bits per heavy atom. The van der Waals surface area contributed by atoms with E-state index >= 15 is 0 Å². The highest BCUT2D eigenvalue weighted by Crippen LogP contribution is 2.21. The Hall–Kier alpha value is -1.11. The number of aliphatic carboxylic acids is 1. The lowest BCUT2D eigenvalue weighted by Gasteiger charge is -2.12. The monoisotopic (exact) mass is 335 g/mol. The Morgan fingerprint density at radius 1 is 1.56 bits per heavy atom. The first kappa shape index (κ1) is 14.9. The van der Waals surface area contributed by atoms with Crippen LogP contribution in [-0.4, -0.2) is 36.7 Å². The van der Waals surface area contributed by atoms with Gasteiger partial charge in [-0.25, -0.2) is 4.79 Å². The zero-order valence-corrected chi connectivity index (χ0v) is 11.8. The van der Waals surface area contributed by atoms with Gasteiger partial charge in [-0.05, 0) is 34.1 Å². The summed E-state index contributed by atoms with van der Waals surface area (Å²) >= 11 is 8.96. The number of halogens is 2. The molecule has 1 aromatic rings. The fourth-order valence-corrected chi connectivity index (χ4v) is 2.09. The van der Waals surface area contributed by atoms with Crippen LogP contribution in [0.1, 0.15) is 10.4 Å². The van der Waals surface area contributed by atoms with Crippen LogP contribution in [0.15, 0.2) is 22.7 Å². The van der Waals surface area contributed by atoms with Crippen LogP contribution in [0.25, 0.3) is 0 Å². The fraction of sp³-hybridized carbons (Fsp3) is 0.273. The van der Waals surface area contributed by atoms with Crippen LogP contribution >= 0.6 is 27.5 Å². The summed E-state index contributed by atoms with van der Waals surface area (Å²) in [6, 6.07) is 4.71. The van der Waals surface area contributed by atoms with Gasteiger partial charge in [0.25, 0.3) is 5.91 Å². The maximum absolute atomic E-state index is 11.8. The van der Waals surface area contributed by atoms with Crippen molar-refractivity contribution in [1.29, 1.82) is 0 Å². The second kappa shape index (κ2) is 6.72. The number of ether oxygens (including phenoxy) is 1. The molecule has 0 aromatic heterocycles. The smallest absolute Gasteiger partial charge is 0.334 e. The summed E-state index contributed by atoms with van der Waals surface area (Å²) in [7, 11) is 1.27. The van der Waals surface area contributed by atoms with Crippen molar-refractivity contribution in [2.45, 2.75) is 6.10 Å². The minimum atomic E-state index is -1.13. The first-order valence-electron chi connectivity index (χ1n) is 4.94. The van der Waals surface area contributed by atoms with Gasteiger partial charge in [-0.3, -0.25) is 4.79 Å². The van der Waals surface area contributed by atoms with Crippen molar-refractivity contribution in [2.75, 3.05) is 13.7 Å². The van der Waals surface area contributed by atoms with Gasteiger partial charge < -0.3 is 15.2 Å². The van der Waals surface area contributed by atoms with Crippen LogP contribution in [-0.2, 0) is 9.53 Å². The van der Waals surface area contributed by atoms with E-state index in [0.29, 0.717) is 15.1 Å². The molecule has 0 saturated heterocycles. The number of amides is 1. The van der Waals surface area contributed by atoms with Crippen molar-refractivity contribution in [2.24, 2.45) is 0 Å². The molecule has 98 valence electrons. The quantitative estimate of drug-likeness (QED) is 0.861. The Morgan fingerprint density at radius 2 is 2.22 bits per heavy atom. The number of nitrogens with one attached hydrogen (secondary N) is 1. The average Bonchev–Trinajstić information content (AvgIpc) is 2.28. The molecule has 0 radical (unpaired) electrons. The SMILES string of the molecule is COC(CNC(=O)c1ccc(Cl)cc1Br)C(=O)O. The molecule has 1 unspecified atom stereocenters. The van der Waals surface area contributed by atoms with Crippen molar-refractivity contribution >= 4 is 39.4 Å². The third kappa shape index (κ3) is 3.97. The van der Waals surface area contributed by atoms with E-state index < -0.39 is 18.0 Å². The molecule has 0 bridgehead atoms. The number of carbonyl (C=O) groups excluding carboxylic acids is 1. The molecule has 1 amide bonds. The van der Waals surface area contributed by atoms with Crippen LogP contribution in [0.5, 0.6) is 0 Å². The average molecular weight is 337 g/mol. The Bertz CT molecular complexity index is 466. The van der Waals surface area contributed by atoms with Crippen molar-refractivity contribution in [3.05, 3.63) is 33.3 Å². The molecule has 18 heavy (non-hydrogen) atoms. The molecule has 0 aliphatic carbocycles. The van der Waals surface area contributed by atoms with Gasteiger partial charge in [0.15, 0.2) is 6.10 Å². The zero-order valence-electron chi connectivity index (χ0n) is 9.44. The Labute approximate surface area is 117 Å². The lowest BCUT2D eigenvalue weighted by molar-refractivity contribution is -0.148. The normalized spacial score (nSPS) is 11.9. The van der Waals surface area contributed by atoms with Crippen molar-refractivity contribution in [1.82, 2.24) is 5.32 Å². The van der Waals surface area contributed by atoms with Gasteiger partial charge in [0.05, 0.1) is 12.1 Å². The molecule has 1 aromatic carbocycles. The lowest BCUT2D eigenvalue weighted by Crippen LogP contribution is -2.37. The van der Waals surface area contributed by atoms with E-state index in [1.807, 2.05) is 0 Å². The number of rotatable bonds is 5. The number of carboxylic acids is 1. The van der Waals surface area contributed by atoms with Gasteiger partial charge in [0, 0.05) is 16.6 Å². The van der Waals surface area contributed by atoms with Gasteiger partial charge in [-0.1, -0.05) is 11.6 Å². The summed E-state index contributed by atoms with van der Waals surface area (Å²) in [4.78, 5) is 22.5. The van der Waals surface area contributed by atoms with Crippen molar-refractivity contribution in [3.63, 3.8) is 0 Å². The Balaban J connectivity index is 2.68. The lowest BCUT2D eigenvalue weighted by atomic mass is 10.2. The van der Waals surface area contributed by atoms with E-state index in [4.69, 9.17) is 21.4 Å². The number of hydrogen-bond acceptors (Lipinski definition) is 3.